The number of hydrogen-bond donors (Lipinski definition) is 1. The predicted octanol–water partition coefficient (Wildman–Crippen LogP) is 4.80. The van der Waals surface area contributed by atoms with Crippen molar-refractivity contribution in [2.45, 2.75) is 25.5 Å². The quantitative estimate of drug-likeness (QED) is 0.329. The largest absolute Gasteiger partial charge is 0.377 e. The minimum atomic E-state index is -0.506. The van der Waals surface area contributed by atoms with Crippen molar-refractivity contribution in [3.05, 3.63) is 86.1 Å². The molecule has 1 saturated heterocycles. The number of non-ortho nitro benzene ring substituents is 1. The zero-order valence-electron chi connectivity index (χ0n) is 20.2. The van der Waals surface area contributed by atoms with E-state index in [-0.39, 0.29) is 23.6 Å². The molecule has 1 aliphatic heterocycles. The molecule has 188 valence electrons. The maximum absolute atomic E-state index is 13.4. The third-order valence-electron chi connectivity index (χ3n) is 5.99. The molecule has 1 N–H and O–H groups in total. The summed E-state index contributed by atoms with van der Waals surface area (Å²) in [6.07, 6.45) is 1.90. The highest BCUT2D eigenvalue weighted by atomic mass is 32.1. The van der Waals surface area contributed by atoms with Crippen molar-refractivity contribution in [2.75, 3.05) is 37.5 Å². The summed E-state index contributed by atoms with van der Waals surface area (Å²) in [5, 5.41) is 15.6. The molecule has 1 aliphatic rings. The molecule has 0 unspecified atom stereocenters. The minimum absolute atomic E-state index is 0.00161. The average Bonchev–Trinajstić information content (AvgIpc) is 3.58. The lowest BCUT2D eigenvalue weighted by Gasteiger charge is -2.28. The maximum Gasteiger partial charge on any atom is 0.269 e. The molecule has 1 atom stereocenters. The van der Waals surface area contributed by atoms with Gasteiger partial charge in [-0.1, -0.05) is 6.07 Å². The van der Waals surface area contributed by atoms with Gasteiger partial charge in [0, 0.05) is 62.9 Å². The van der Waals surface area contributed by atoms with Crippen LogP contribution in [0.25, 0.3) is 0 Å². The van der Waals surface area contributed by atoms with Gasteiger partial charge in [-0.15, -0.1) is 11.3 Å². The molecule has 3 aromatic rings. The van der Waals surface area contributed by atoms with Gasteiger partial charge in [0.05, 0.1) is 15.9 Å². The van der Waals surface area contributed by atoms with Crippen molar-refractivity contribution in [1.82, 2.24) is 4.90 Å². The molecule has 0 saturated carbocycles. The molecule has 0 radical (unpaired) electrons. The van der Waals surface area contributed by atoms with Gasteiger partial charge in [0.25, 0.3) is 17.5 Å². The van der Waals surface area contributed by atoms with Gasteiger partial charge in [0.2, 0.25) is 0 Å². The predicted molar refractivity (Wildman–Crippen MR) is 140 cm³/mol. The third kappa shape index (κ3) is 6.07. The summed E-state index contributed by atoms with van der Waals surface area (Å²) in [5.74, 6) is -0.426. The van der Waals surface area contributed by atoms with Crippen LogP contribution in [0.2, 0.25) is 0 Å². The molecule has 36 heavy (non-hydrogen) atoms. The van der Waals surface area contributed by atoms with Crippen LogP contribution in [0, 0.1) is 10.1 Å². The summed E-state index contributed by atoms with van der Waals surface area (Å²) in [6, 6.07) is 14.7. The van der Waals surface area contributed by atoms with Crippen molar-refractivity contribution in [3.63, 3.8) is 0 Å². The highest BCUT2D eigenvalue weighted by Crippen LogP contribution is 2.27. The number of ether oxygens (including phenoxy) is 1. The highest BCUT2D eigenvalue weighted by molar-refractivity contribution is 7.12. The van der Waals surface area contributed by atoms with Crippen molar-refractivity contribution < 1.29 is 19.2 Å². The number of carbonyl (C=O) groups is 2. The number of nitro groups is 1. The molecule has 2 heterocycles. The summed E-state index contributed by atoms with van der Waals surface area (Å²) in [6.45, 7) is 1.55. The van der Waals surface area contributed by atoms with Crippen LogP contribution in [-0.2, 0) is 11.3 Å². The van der Waals surface area contributed by atoms with E-state index in [4.69, 9.17) is 4.74 Å². The molecule has 2 amide bonds. The topological polar surface area (TPSA) is 105 Å². The minimum Gasteiger partial charge on any atom is -0.377 e. The third-order valence-corrected chi connectivity index (χ3v) is 6.85. The van der Waals surface area contributed by atoms with Gasteiger partial charge >= 0.3 is 0 Å². The standard InChI is InChI=1S/C26H28N4O5S/c1-28(2)23-12-9-20(27-25(31)18-7-10-21(11-8-18)30(33)34)15-19(23)16-29(17-22-5-3-13-35-22)26(32)24-6-4-14-36-24/h4,6-12,14-15,22H,3,5,13,16-17H2,1-2H3,(H,27,31)/t22-/m1/s1. The molecular formula is C26H28N4O5S. The van der Waals surface area contributed by atoms with Crippen LogP contribution in [0.4, 0.5) is 17.1 Å². The number of benzene rings is 2. The van der Waals surface area contributed by atoms with Crippen molar-refractivity contribution in [3.8, 4) is 0 Å². The number of thiophene rings is 1. The van der Waals surface area contributed by atoms with Crippen LogP contribution in [0.3, 0.4) is 0 Å². The first-order chi connectivity index (χ1) is 17.3. The molecule has 0 spiro atoms. The van der Waals surface area contributed by atoms with E-state index in [9.17, 15) is 19.7 Å². The average molecular weight is 509 g/mol. The number of nitrogens with one attached hydrogen (secondary N) is 1. The van der Waals surface area contributed by atoms with Crippen LogP contribution in [0.1, 0.15) is 38.4 Å². The summed E-state index contributed by atoms with van der Waals surface area (Å²) in [5.41, 5.74) is 2.61. The van der Waals surface area contributed by atoms with E-state index in [2.05, 4.69) is 5.32 Å². The highest BCUT2D eigenvalue weighted by Gasteiger charge is 2.25. The van der Waals surface area contributed by atoms with Gasteiger partial charge in [-0.3, -0.25) is 19.7 Å². The van der Waals surface area contributed by atoms with Crippen LogP contribution >= 0.6 is 11.3 Å². The van der Waals surface area contributed by atoms with Gasteiger partial charge in [0.15, 0.2) is 0 Å². The summed E-state index contributed by atoms with van der Waals surface area (Å²) in [4.78, 5) is 40.9. The Morgan fingerprint density at radius 2 is 1.94 bits per heavy atom. The van der Waals surface area contributed by atoms with Crippen LogP contribution in [-0.4, -0.2) is 55.0 Å². The second-order valence-corrected chi connectivity index (χ2v) is 9.74. The van der Waals surface area contributed by atoms with E-state index in [1.165, 1.54) is 35.6 Å². The van der Waals surface area contributed by atoms with E-state index in [1.807, 2.05) is 53.5 Å². The molecule has 1 aromatic heterocycles. The smallest absolute Gasteiger partial charge is 0.269 e. The number of carbonyl (C=O) groups excluding carboxylic acids is 2. The Bertz CT molecular complexity index is 1220. The molecule has 2 aromatic carbocycles. The fourth-order valence-electron chi connectivity index (χ4n) is 4.18. The Balaban J connectivity index is 1.58. The van der Waals surface area contributed by atoms with Crippen molar-refractivity contribution in [1.29, 1.82) is 0 Å². The van der Waals surface area contributed by atoms with Crippen molar-refractivity contribution in [2.24, 2.45) is 0 Å². The first-order valence-electron chi connectivity index (χ1n) is 11.6. The Kier molecular flexibility index (Phi) is 7.97. The first-order valence-corrected chi connectivity index (χ1v) is 12.5. The SMILES string of the molecule is CN(C)c1ccc(NC(=O)c2ccc([N+](=O)[O-])cc2)cc1CN(C[C@H]1CCCO1)C(=O)c1cccs1. The van der Waals surface area contributed by atoms with E-state index < -0.39 is 4.92 Å². The van der Waals surface area contributed by atoms with Gasteiger partial charge in [-0.05, 0) is 60.2 Å². The number of amides is 2. The fraction of sp³-hybridized carbons (Fsp3) is 0.308. The second kappa shape index (κ2) is 11.3. The van der Waals surface area contributed by atoms with Crippen LogP contribution in [0.5, 0.6) is 0 Å². The molecule has 0 aliphatic carbocycles. The van der Waals surface area contributed by atoms with Gasteiger partial charge in [-0.2, -0.15) is 0 Å². The monoisotopic (exact) mass is 508 g/mol. The Morgan fingerprint density at radius 3 is 2.56 bits per heavy atom. The summed E-state index contributed by atoms with van der Waals surface area (Å²) >= 11 is 1.41. The Morgan fingerprint density at radius 1 is 1.17 bits per heavy atom. The van der Waals surface area contributed by atoms with E-state index >= 15 is 0 Å². The van der Waals surface area contributed by atoms with Crippen LogP contribution < -0.4 is 10.2 Å². The fourth-order valence-corrected chi connectivity index (χ4v) is 4.87. The Labute approximate surface area is 213 Å². The van der Waals surface area contributed by atoms with E-state index in [0.29, 0.717) is 35.8 Å². The molecule has 10 heteroatoms. The second-order valence-electron chi connectivity index (χ2n) is 8.79. The van der Waals surface area contributed by atoms with E-state index in [0.717, 1.165) is 24.1 Å². The van der Waals surface area contributed by atoms with Gasteiger partial charge in [0.1, 0.15) is 0 Å². The molecule has 1 fully saturated rings. The number of anilines is 2. The molecule has 9 nitrogen and oxygen atoms in total. The molecule has 4 rings (SSSR count). The summed E-state index contributed by atoms with van der Waals surface area (Å²) in [7, 11) is 3.86. The molecular weight excluding hydrogens is 480 g/mol. The van der Waals surface area contributed by atoms with E-state index in [1.54, 1.807) is 6.07 Å². The van der Waals surface area contributed by atoms with Crippen LogP contribution in [0.15, 0.2) is 60.0 Å². The maximum atomic E-state index is 13.4. The number of nitro benzene ring substituents is 1. The summed E-state index contributed by atoms with van der Waals surface area (Å²) < 4.78 is 5.81. The zero-order valence-corrected chi connectivity index (χ0v) is 21.0. The van der Waals surface area contributed by atoms with Crippen molar-refractivity contribution >= 4 is 40.2 Å². The lowest BCUT2D eigenvalue weighted by atomic mass is 10.1. The lowest BCUT2D eigenvalue weighted by molar-refractivity contribution is -0.384. The zero-order chi connectivity index (χ0) is 25.7. The Hall–Kier alpha value is -3.76. The first kappa shape index (κ1) is 25.3. The number of hydrogen-bond acceptors (Lipinski definition) is 7. The number of rotatable bonds is 9. The van der Waals surface area contributed by atoms with Gasteiger partial charge in [-0.25, -0.2) is 0 Å². The lowest BCUT2D eigenvalue weighted by Crippen LogP contribution is -2.37. The normalized spacial score (nSPS) is 14.9. The van der Waals surface area contributed by atoms with Gasteiger partial charge < -0.3 is 19.9 Å². The number of nitrogens with zero attached hydrogens (tertiary/aromatic N) is 3. The molecule has 0 bridgehead atoms.